The van der Waals surface area contributed by atoms with Crippen LogP contribution in [0.2, 0.25) is 0 Å². The van der Waals surface area contributed by atoms with Crippen molar-refractivity contribution in [2.24, 2.45) is 0 Å². The van der Waals surface area contributed by atoms with Gasteiger partial charge in [-0.15, -0.1) is 0 Å². The average Bonchev–Trinajstić information content (AvgIpc) is 2.69. The molecule has 0 saturated carbocycles. The second-order valence-corrected chi connectivity index (χ2v) is 10.8. The van der Waals surface area contributed by atoms with Gasteiger partial charge in [0.1, 0.15) is 24.4 Å². The first-order valence-corrected chi connectivity index (χ1v) is 17.3. The molecule has 0 fully saturated rings. The van der Waals surface area contributed by atoms with Crippen molar-refractivity contribution in [3.8, 4) is 11.3 Å². The third-order valence-electron chi connectivity index (χ3n) is 4.78. The summed E-state index contributed by atoms with van der Waals surface area (Å²) in [5.74, 6) is 0.948. The van der Waals surface area contributed by atoms with Gasteiger partial charge in [0.2, 0.25) is 5.36 Å². The molecule has 0 bridgehead atoms. The molecular weight excluding hydrogens is 468 g/mol. The minimum absolute atomic E-state index is 0. The number of rotatable bonds is 5. The van der Waals surface area contributed by atoms with Crippen LogP contribution in [0.5, 0.6) is 0 Å². The second-order valence-electron chi connectivity index (χ2n) is 6.14. The van der Waals surface area contributed by atoms with E-state index in [-0.39, 0.29) is 12.4 Å². The average molecular weight is 495 g/mol. The summed E-state index contributed by atoms with van der Waals surface area (Å²) in [4.78, 5) is 2.34. The first-order chi connectivity index (χ1) is 13.1. The number of benzene rings is 2. The third kappa shape index (κ3) is 6.10. The Bertz CT molecular complexity index is 904. The summed E-state index contributed by atoms with van der Waals surface area (Å²) in [5.41, 5.74) is 3.31. The topological polar surface area (TPSA) is 19.4 Å². The number of halogens is 3. The molecule has 0 N–H and O–H groups in total. The van der Waals surface area contributed by atoms with Crippen molar-refractivity contribution < 1.29 is 32.0 Å². The molecule has 0 unspecified atom stereocenters. The molecule has 1 aliphatic carbocycles. The number of hydrogen-bond acceptors (Lipinski definition) is 2. The minimum atomic E-state index is -0.931. The number of anilines is 1. The van der Waals surface area contributed by atoms with Crippen molar-refractivity contribution in [1.29, 1.82) is 0 Å². The van der Waals surface area contributed by atoms with E-state index >= 15 is 0 Å². The molecule has 0 amide bonds. The van der Waals surface area contributed by atoms with Crippen LogP contribution in [-0.2, 0) is 15.1 Å². The van der Waals surface area contributed by atoms with Gasteiger partial charge < -0.3 is 21.7 Å². The van der Waals surface area contributed by atoms with Gasteiger partial charge in [-0.2, -0.15) is 0 Å². The van der Waals surface area contributed by atoms with Crippen LogP contribution in [0, 0.1) is 0 Å². The van der Waals surface area contributed by atoms with Crippen LogP contribution < -0.4 is 27.2 Å². The second kappa shape index (κ2) is 12.7. The Balaban J connectivity index is 0.000000921. The van der Waals surface area contributed by atoms with E-state index < -0.39 is 15.1 Å². The van der Waals surface area contributed by atoms with E-state index in [1.807, 2.05) is 0 Å². The Morgan fingerprint density at radius 1 is 0.929 bits per heavy atom. The molecule has 7 heteroatoms. The van der Waals surface area contributed by atoms with E-state index in [0.29, 0.717) is 0 Å². The van der Waals surface area contributed by atoms with Crippen LogP contribution in [0.3, 0.4) is 0 Å². The zero-order valence-electron chi connectivity index (χ0n) is 17.0. The predicted octanol–water partition coefficient (Wildman–Crippen LogP) is 2.58. The van der Waals surface area contributed by atoms with Crippen molar-refractivity contribution in [3.63, 3.8) is 0 Å². The monoisotopic (exact) mass is 492 g/mol. The maximum atomic E-state index is 6.25. The molecule has 150 valence electrons. The third-order valence-corrected chi connectivity index (χ3v) is 4.78. The normalized spacial score (nSPS) is 9.93. The zero-order chi connectivity index (χ0) is 19.8. The fourth-order valence-electron chi connectivity index (χ4n) is 3.32. The summed E-state index contributed by atoms with van der Waals surface area (Å²) < 4.78 is 8.59. The van der Waals surface area contributed by atoms with Gasteiger partial charge in [0.05, 0.1) is 6.07 Å². The SMILES string of the molecule is CCN(CC)c1ccc2cc3ccc(=[N+](CC)CC)cc-3oc2c1.[Cl-].[Cl][Zn][Cl]. The van der Waals surface area contributed by atoms with Crippen molar-refractivity contribution in [3.05, 3.63) is 47.8 Å². The molecule has 0 radical (unpaired) electrons. The summed E-state index contributed by atoms with van der Waals surface area (Å²) in [6, 6.07) is 15.2. The van der Waals surface area contributed by atoms with Gasteiger partial charge in [0.15, 0.2) is 0 Å². The molecule has 2 aliphatic rings. The van der Waals surface area contributed by atoms with Gasteiger partial charge in [-0.3, -0.25) is 0 Å². The van der Waals surface area contributed by atoms with Crippen LogP contribution in [0.15, 0.2) is 46.9 Å². The summed E-state index contributed by atoms with van der Waals surface area (Å²) in [6.45, 7) is 12.7. The van der Waals surface area contributed by atoms with Crippen molar-refractivity contribution in [2.45, 2.75) is 27.7 Å². The summed E-state index contributed by atoms with van der Waals surface area (Å²) in [5, 5.41) is 2.37. The maximum absolute atomic E-state index is 6.25. The zero-order valence-corrected chi connectivity index (χ0v) is 22.2. The predicted molar refractivity (Wildman–Crippen MR) is 114 cm³/mol. The number of nitrogens with zero attached hydrogens (tertiary/aromatic N) is 2. The molecule has 0 saturated heterocycles. The van der Waals surface area contributed by atoms with E-state index in [2.05, 4.69) is 79.6 Å². The van der Waals surface area contributed by atoms with Gasteiger partial charge in [-0.1, -0.05) is 0 Å². The van der Waals surface area contributed by atoms with Gasteiger partial charge in [-0.05, 0) is 52.0 Å². The first-order valence-electron chi connectivity index (χ1n) is 9.54. The Kier molecular flexibility index (Phi) is 11.4. The van der Waals surface area contributed by atoms with Gasteiger partial charge >= 0.3 is 34.5 Å². The molecule has 1 aromatic rings. The van der Waals surface area contributed by atoms with Crippen LogP contribution in [-0.4, -0.2) is 26.2 Å². The molecule has 28 heavy (non-hydrogen) atoms. The van der Waals surface area contributed by atoms with Crippen molar-refractivity contribution in [1.82, 2.24) is 4.58 Å². The van der Waals surface area contributed by atoms with Crippen LogP contribution in [0.4, 0.5) is 5.69 Å². The fourth-order valence-corrected chi connectivity index (χ4v) is 3.32. The van der Waals surface area contributed by atoms with E-state index in [9.17, 15) is 0 Å². The Morgan fingerprint density at radius 3 is 2.14 bits per heavy atom. The molecule has 1 aliphatic heterocycles. The molecule has 1 aromatic carbocycles. The van der Waals surface area contributed by atoms with Crippen LogP contribution in [0.25, 0.3) is 22.3 Å². The van der Waals surface area contributed by atoms with E-state index in [4.69, 9.17) is 23.8 Å². The van der Waals surface area contributed by atoms with Crippen molar-refractivity contribution >= 4 is 36.0 Å². The standard InChI is InChI=1S/C21H27N2O.3ClH.Zn/c1-5-22(6-2)18-11-9-16-13-17-10-12-19(23(7-3)8-4)15-21(17)24-20(16)14-18;;;;/h9-15H,5-8H2,1-4H3;3*1H;/q+1;;;;+2/p-3. The van der Waals surface area contributed by atoms with Gasteiger partial charge in [-0.25, -0.2) is 4.58 Å². The van der Waals surface area contributed by atoms with Crippen molar-refractivity contribution in [2.75, 3.05) is 31.1 Å². The Hall–Kier alpha value is -0.797. The fraction of sp³-hybridized carbons (Fsp3) is 0.381. The Morgan fingerprint density at radius 2 is 1.57 bits per heavy atom. The first kappa shape index (κ1) is 25.2. The van der Waals surface area contributed by atoms with Gasteiger partial charge in [0.25, 0.3) is 0 Å². The molecule has 1 heterocycles. The molecule has 0 spiro atoms. The van der Waals surface area contributed by atoms with E-state index in [1.165, 1.54) is 11.0 Å². The molecule has 3 rings (SSSR count). The quantitative estimate of drug-likeness (QED) is 0.308. The molecule has 0 atom stereocenters. The summed E-state index contributed by atoms with van der Waals surface area (Å²) in [6.07, 6.45) is 0. The van der Waals surface area contributed by atoms with E-state index in [0.717, 1.165) is 48.5 Å². The molecule has 3 nitrogen and oxygen atoms in total. The molecular formula is C21H27Cl3N2OZn. The summed E-state index contributed by atoms with van der Waals surface area (Å²) in [7, 11) is 9.90. The Labute approximate surface area is 189 Å². The summed E-state index contributed by atoms with van der Waals surface area (Å²) >= 11 is -0.931. The van der Waals surface area contributed by atoms with Crippen LogP contribution >= 0.6 is 19.4 Å². The molecule has 0 aromatic heterocycles. The van der Waals surface area contributed by atoms with Gasteiger partial charge in [0, 0.05) is 41.9 Å². The van der Waals surface area contributed by atoms with E-state index in [1.54, 1.807) is 0 Å². The number of fused-ring (bicyclic) bond motifs is 2. The van der Waals surface area contributed by atoms with Crippen LogP contribution in [0.1, 0.15) is 27.7 Å². The number of hydrogen-bond donors (Lipinski definition) is 0.